The summed E-state index contributed by atoms with van der Waals surface area (Å²) in [5.74, 6) is 2.30. The summed E-state index contributed by atoms with van der Waals surface area (Å²) in [7, 11) is 0. The van der Waals surface area contributed by atoms with Crippen molar-refractivity contribution in [3.63, 3.8) is 0 Å². The number of carbonyl (C=O) groups excluding carboxylic acids is 1. The average Bonchev–Trinajstić information content (AvgIpc) is 3.27. The molecule has 0 aliphatic heterocycles. The molecule has 4 nitrogen and oxygen atoms in total. The van der Waals surface area contributed by atoms with Crippen LogP contribution in [0.15, 0.2) is 29.4 Å². The van der Waals surface area contributed by atoms with E-state index in [1.54, 1.807) is 6.21 Å². The molecule has 1 aromatic rings. The van der Waals surface area contributed by atoms with Gasteiger partial charge in [0.1, 0.15) is 5.75 Å². The van der Waals surface area contributed by atoms with E-state index >= 15 is 0 Å². The van der Waals surface area contributed by atoms with Crippen LogP contribution in [0.1, 0.15) is 63.9 Å². The summed E-state index contributed by atoms with van der Waals surface area (Å²) in [6, 6.07) is 7.82. The maximum Gasteiger partial charge on any atom is 0.243 e. The fraction of sp³-hybridized carbons (Fsp3) is 0.619. The third kappa shape index (κ3) is 4.83. The zero-order chi connectivity index (χ0) is 17.5. The minimum atomic E-state index is 0.0949. The molecule has 2 fully saturated rings. The third-order valence-corrected chi connectivity index (χ3v) is 5.51. The van der Waals surface area contributed by atoms with Crippen LogP contribution in [-0.2, 0) is 4.79 Å². The van der Waals surface area contributed by atoms with E-state index in [1.807, 2.05) is 24.3 Å². The van der Waals surface area contributed by atoms with E-state index in [-0.39, 0.29) is 11.8 Å². The van der Waals surface area contributed by atoms with Crippen molar-refractivity contribution in [2.24, 2.45) is 22.9 Å². The number of carbonyl (C=O) groups is 1. The van der Waals surface area contributed by atoms with Crippen LogP contribution in [0, 0.1) is 17.8 Å². The van der Waals surface area contributed by atoms with E-state index in [0.29, 0.717) is 18.4 Å². The molecule has 0 spiro atoms. The number of fused-ring (bicyclic) bond motifs is 1. The highest BCUT2D eigenvalue weighted by Gasteiger charge is 2.53. The molecule has 0 heterocycles. The van der Waals surface area contributed by atoms with Gasteiger partial charge in [0.05, 0.1) is 12.8 Å². The molecule has 2 aliphatic rings. The van der Waals surface area contributed by atoms with E-state index in [4.69, 9.17) is 4.74 Å². The van der Waals surface area contributed by atoms with Gasteiger partial charge in [-0.05, 0) is 43.2 Å². The number of ether oxygens (including phenoxy) is 1. The van der Waals surface area contributed by atoms with Gasteiger partial charge in [0.25, 0.3) is 0 Å². The maximum absolute atomic E-state index is 12.4. The molecule has 1 amide bonds. The molecule has 2 saturated carbocycles. The average molecular weight is 342 g/mol. The minimum absolute atomic E-state index is 0.0949. The molecule has 25 heavy (non-hydrogen) atoms. The maximum atomic E-state index is 12.4. The van der Waals surface area contributed by atoms with E-state index in [9.17, 15) is 4.79 Å². The Morgan fingerprint density at radius 1 is 1.20 bits per heavy atom. The van der Waals surface area contributed by atoms with Crippen LogP contribution < -0.4 is 10.2 Å². The smallest absolute Gasteiger partial charge is 0.243 e. The lowest BCUT2D eigenvalue weighted by Crippen LogP contribution is -2.21. The summed E-state index contributed by atoms with van der Waals surface area (Å²) >= 11 is 0. The zero-order valence-electron chi connectivity index (χ0n) is 15.2. The fourth-order valence-corrected chi connectivity index (χ4v) is 4.02. The quantitative estimate of drug-likeness (QED) is 0.449. The lowest BCUT2D eigenvalue weighted by Gasteiger charge is -2.08. The van der Waals surface area contributed by atoms with Gasteiger partial charge >= 0.3 is 0 Å². The summed E-state index contributed by atoms with van der Waals surface area (Å²) in [5.41, 5.74) is 3.66. The molecular formula is C21H30N2O2. The van der Waals surface area contributed by atoms with Gasteiger partial charge in [0.15, 0.2) is 0 Å². The van der Waals surface area contributed by atoms with Crippen molar-refractivity contribution in [1.82, 2.24) is 5.43 Å². The first-order chi connectivity index (χ1) is 12.3. The number of amides is 1. The van der Waals surface area contributed by atoms with Crippen LogP contribution in [0.3, 0.4) is 0 Å². The Balaban J connectivity index is 1.52. The largest absolute Gasteiger partial charge is 0.493 e. The lowest BCUT2D eigenvalue weighted by molar-refractivity contribution is -0.122. The van der Waals surface area contributed by atoms with Crippen LogP contribution in [0.2, 0.25) is 0 Å². The van der Waals surface area contributed by atoms with Crippen LogP contribution >= 0.6 is 0 Å². The monoisotopic (exact) mass is 342 g/mol. The normalized spacial score (nSPS) is 25.7. The third-order valence-electron chi connectivity index (χ3n) is 5.51. The van der Waals surface area contributed by atoms with Gasteiger partial charge in [-0.15, -0.1) is 0 Å². The Bertz CT molecular complexity index is 585. The molecule has 4 heteroatoms. The minimum Gasteiger partial charge on any atom is -0.493 e. The number of hydrazone groups is 1. The molecule has 2 aliphatic carbocycles. The van der Waals surface area contributed by atoms with Gasteiger partial charge in [-0.3, -0.25) is 4.79 Å². The number of para-hydroxylation sites is 1. The molecule has 0 saturated heterocycles. The summed E-state index contributed by atoms with van der Waals surface area (Å²) in [6.45, 7) is 2.85. The molecule has 136 valence electrons. The van der Waals surface area contributed by atoms with Crippen molar-refractivity contribution in [2.75, 3.05) is 6.61 Å². The van der Waals surface area contributed by atoms with Crippen molar-refractivity contribution in [3.05, 3.63) is 29.8 Å². The molecule has 1 aromatic carbocycles. The molecule has 0 bridgehead atoms. The van der Waals surface area contributed by atoms with Crippen molar-refractivity contribution >= 4 is 12.1 Å². The molecule has 0 radical (unpaired) electrons. The van der Waals surface area contributed by atoms with Crippen LogP contribution in [0.4, 0.5) is 0 Å². The molecule has 2 unspecified atom stereocenters. The van der Waals surface area contributed by atoms with Crippen molar-refractivity contribution in [2.45, 2.75) is 58.3 Å². The molecule has 0 aromatic heterocycles. The topological polar surface area (TPSA) is 50.7 Å². The van der Waals surface area contributed by atoms with Gasteiger partial charge < -0.3 is 4.74 Å². The Hall–Kier alpha value is -1.84. The first kappa shape index (κ1) is 18.0. The fourth-order valence-electron chi connectivity index (χ4n) is 4.02. The Morgan fingerprint density at radius 2 is 1.92 bits per heavy atom. The van der Waals surface area contributed by atoms with E-state index < -0.39 is 0 Å². The number of rotatable bonds is 7. The van der Waals surface area contributed by atoms with Gasteiger partial charge in [0, 0.05) is 11.5 Å². The van der Waals surface area contributed by atoms with Crippen molar-refractivity contribution < 1.29 is 9.53 Å². The second-order valence-corrected chi connectivity index (χ2v) is 7.32. The number of nitrogens with one attached hydrogen (secondary N) is 1. The number of unbranched alkanes of at least 4 members (excludes halogenated alkanes) is 1. The lowest BCUT2D eigenvalue weighted by atomic mass is 10.0. The highest BCUT2D eigenvalue weighted by molar-refractivity contribution is 5.86. The predicted octanol–water partition coefficient (Wildman–Crippen LogP) is 4.53. The number of benzene rings is 1. The Labute approximate surface area is 151 Å². The summed E-state index contributed by atoms with van der Waals surface area (Å²) in [6.07, 6.45) is 11.5. The molecule has 2 atom stereocenters. The van der Waals surface area contributed by atoms with Gasteiger partial charge in [-0.2, -0.15) is 5.10 Å². The van der Waals surface area contributed by atoms with Crippen molar-refractivity contribution in [3.8, 4) is 5.75 Å². The number of nitrogens with zero attached hydrogens (tertiary/aromatic N) is 1. The second kappa shape index (κ2) is 9.02. The standard InChI is InChI=1S/C21H30N2O2/c1-2-3-14-25-19-13-9-8-10-16(19)15-22-23-21(24)20-17-11-6-4-5-7-12-18(17)20/h8-10,13,15,17-18,20H,2-7,11-12,14H2,1H3,(H,23,24). The van der Waals surface area contributed by atoms with Crippen LogP contribution in [-0.4, -0.2) is 18.7 Å². The first-order valence-corrected chi connectivity index (χ1v) is 9.86. The SMILES string of the molecule is CCCCOc1ccccc1C=NNC(=O)C1C2CCCCCCC21. The zero-order valence-corrected chi connectivity index (χ0v) is 15.2. The van der Waals surface area contributed by atoms with Crippen molar-refractivity contribution in [1.29, 1.82) is 0 Å². The van der Waals surface area contributed by atoms with Gasteiger partial charge in [0.2, 0.25) is 5.91 Å². The summed E-state index contributed by atoms with van der Waals surface area (Å²) < 4.78 is 5.80. The Morgan fingerprint density at radius 3 is 2.64 bits per heavy atom. The van der Waals surface area contributed by atoms with E-state index in [0.717, 1.165) is 24.2 Å². The number of hydrogen-bond acceptors (Lipinski definition) is 3. The highest BCUT2D eigenvalue weighted by Crippen LogP contribution is 2.53. The predicted molar refractivity (Wildman–Crippen MR) is 101 cm³/mol. The molecule has 1 N–H and O–H groups in total. The van der Waals surface area contributed by atoms with E-state index in [1.165, 1.54) is 38.5 Å². The second-order valence-electron chi connectivity index (χ2n) is 7.32. The van der Waals surface area contributed by atoms with Gasteiger partial charge in [-0.25, -0.2) is 5.43 Å². The molecular weight excluding hydrogens is 312 g/mol. The van der Waals surface area contributed by atoms with E-state index in [2.05, 4.69) is 17.5 Å². The Kier molecular flexibility index (Phi) is 6.48. The van der Waals surface area contributed by atoms with Gasteiger partial charge in [-0.1, -0.05) is 51.2 Å². The first-order valence-electron chi connectivity index (χ1n) is 9.86. The summed E-state index contributed by atoms with van der Waals surface area (Å²) in [4.78, 5) is 12.4. The highest BCUT2D eigenvalue weighted by atomic mass is 16.5. The summed E-state index contributed by atoms with van der Waals surface area (Å²) in [5, 5.41) is 4.19. The number of hydrogen-bond donors (Lipinski definition) is 1. The van der Waals surface area contributed by atoms with Crippen LogP contribution in [0.5, 0.6) is 5.75 Å². The molecule has 3 rings (SSSR count). The van der Waals surface area contributed by atoms with Crippen LogP contribution in [0.25, 0.3) is 0 Å².